The fourth-order valence-electron chi connectivity index (χ4n) is 2.02. The molecule has 3 rings (SSSR count). The van der Waals surface area contributed by atoms with Gasteiger partial charge < -0.3 is 4.98 Å². The quantitative estimate of drug-likeness (QED) is 0.503. The average molecular weight is 370 g/mol. The Labute approximate surface area is 141 Å². The normalized spacial score (nSPS) is 11.6. The second-order valence-electron chi connectivity index (χ2n) is 4.79. The molecule has 1 aromatic heterocycles. The number of benzene rings is 2. The monoisotopic (exact) mass is 369 g/mol. The van der Waals surface area contributed by atoms with Gasteiger partial charge in [-0.25, -0.2) is 4.98 Å². The SMILES string of the molecule is Cc1ccc(/C=C(\C#N)Sc2nc3ccccc3[nH]2)cc1Br. The van der Waals surface area contributed by atoms with Gasteiger partial charge in [-0.05, 0) is 54.1 Å². The number of nitrogens with one attached hydrogen (secondary N) is 1. The van der Waals surface area contributed by atoms with E-state index in [9.17, 15) is 5.26 Å². The number of nitriles is 1. The molecule has 3 aromatic rings. The lowest BCUT2D eigenvalue weighted by atomic mass is 10.1. The molecule has 108 valence electrons. The Morgan fingerprint density at radius 3 is 2.86 bits per heavy atom. The van der Waals surface area contributed by atoms with Gasteiger partial charge in [0.25, 0.3) is 0 Å². The molecular formula is C17H12BrN3S. The topological polar surface area (TPSA) is 52.5 Å². The first kappa shape index (κ1) is 14.9. The summed E-state index contributed by atoms with van der Waals surface area (Å²) >= 11 is 4.85. The number of H-pyrrole nitrogens is 1. The van der Waals surface area contributed by atoms with Gasteiger partial charge in [0.2, 0.25) is 0 Å². The van der Waals surface area contributed by atoms with E-state index >= 15 is 0 Å². The number of aromatic nitrogens is 2. The molecule has 2 aromatic carbocycles. The third-order valence-electron chi connectivity index (χ3n) is 3.18. The molecule has 0 aliphatic heterocycles. The van der Waals surface area contributed by atoms with Crippen LogP contribution in [0.2, 0.25) is 0 Å². The van der Waals surface area contributed by atoms with Gasteiger partial charge in [-0.2, -0.15) is 5.26 Å². The van der Waals surface area contributed by atoms with Gasteiger partial charge >= 0.3 is 0 Å². The summed E-state index contributed by atoms with van der Waals surface area (Å²) < 4.78 is 1.03. The zero-order chi connectivity index (χ0) is 15.5. The highest BCUT2D eigenvalue weighted by molar-refractivity contribution is 9.10. The summed E-state index contributed by atoms with van der Waals surface area (Å²) in [7, 11) is 0. The Kier molecular flexibility index (Phi) is 4.32. The number of imidazole rings is 1. The van der Waals surface area contributed by atoms with Crippen LogP contribution in [0.4, 0.5) is 0 Å². The highest BCUT2D eigenvalue weighted by Crippen LogP contribution is 2.28. The van der Waals surface area contributed by atoms with Gasteiger partial charge in [0.05, 0.1) is 15.9 Å². The van der Waals surface area contributed by atoms with Crippen LogP contribution in [0.5, 0.6) is 0 Å². The number of thioether (sulfide) groups is 1. The first-order valence-electron chi connectivity index (χ1n) is 6.66. The number of para-hydroxylation sites is 2. The van der Waals surface area contributed by atoms with E-state index in [1.807, 2.05) is 55.5 Å². The van der Waals surface area contributed by atoms with Crippen molar-refractivity contribution in [3.05, 3.63) is 63.0 Å². The maximum Gasteiger partial charge on any atom is 0.171 e. The van der Waals surface area contributed by atoms with E-state index in [0.717, 1.165) is 26.2 Å². The molecule has 0 amide bonds. The standard InChI is InChI=1S/C17H12BrN3S/c1-11-6-7-12(9-14(11)18)8-13(10-19)22-17-20-15-4-2-3-5-16(15)21-17/h2-9H,1H3,(H,20,21)/b13-8+. The third-order valence-corrected chi connectivity index (χ3v) is 4.85. The van der Waals surface area contributed by atoms with Crippen molar-refractivity contribution in [2.24, 2.45) is 0 Å². The van der Waals surface area contributed by atoms with E-state index in [1.165, 1.54) is 17.3 Å². The lowest BCUT2D eigenvalue weighted by Gasteiger charge is -2.00. The number of rotatable bonds is 3. The zero-order valence-corrected chi connectivity index (χ0v) is 14.2. The third kappa shape index (κ3) is 3.24. The summed E-state index contributed by atoms with van der Waals surface area (Å²) in [6.45, 7) is 2.03. The van der Waals surface area contributed by atoms with Crippen LogP contribution < -0.4 is 0 Å². The summed E-state index contributed by atoms with van der Waals surface area (Å²) in [5.41, 5.74) is 4.03. The molecule has 0 unspecified atom stereocenters. The molecule has 1 heterocycles. The van der Waals surface area contributed by atoms with E-state index in [2.05, 4.69) is 32.0 Å². The molecule has 0 radical (unpaired) electrons. The number of fused-ring (bicyclic) bond motifs is 1. The van der Waals surface area contributed by atoms with Crippen LogP contribution in [0.15, 0.2) is 57.0 Å². The zero-order valence-electron chi connectivity index (χ0n) is 11.8. The van der Waals surface area contributed by atoms with Crippen LogP contribution in [0, 0.1) is 18.3 Å². The first-order valence-corrected chi connectivity index (χ1v) is 8.27. The Hall–Kier alpha value is -2.03. The Morgan fingerprint density at radius 2 is 2.14 bits per heavy atom. The van der Waals surface area contributed by atoms with Crippen molar-refractivity contribution in [1.82, 2.24) is 9.97 Å². The highest BCUT2D eigenvalue weighted by Gasteiger charge is 2.06. The molecule has 5 heteroatoms. The minimum atomic E-state index is 0.592. The Bertz CT molecular complexity index is 873. The molecule has 0 saturated heterocycles. The summed E-state index contributed by atoms with van der Waals surface area (Å²) in [6, 6.07) is 16.1. The number of aromatic amines is 1. The molecule has 0 saturated carbocycles. The fraction of sp³-hybridized carbons (Fsp3) is 0.0588. The summed E-state index contributed by atoms with van der Waals surface area (Å²) in [5.74, 6) is 0. The Balaban J connectivity index is 1.89. The van der Waals surface area contributed by atoms with Gasteiger partial charge in [0.15, 0.2) is 5.16 Å². The smallest absolute Gasteiger partial charge is 0.171 e. The minimum absolute atomic E-state index is 0.592. The molecule has 0 bridgehead atoms. The van der Waals surface area contributed by atoms with Gasteiger partial charge in [0, 0.05) is 4.47 Å². The molecule has 1 N–H and O–H groups in total. The second kappa shape index (κ2) is 6.39. The second-order valence-corrected chi connectivity index (χ2v) is 6.68. The average Bonchev–Trinajstić information content (AvgIpc) is 2.92. The lowest BCUT2D eigenvalue weighted by Crippen LogP contribution is -1.81. The van der Waals surface area contributed by atoms with E-state index in [1.54, 1.807) is 0 Å². The molecular weight excluding hydrogens is 358 g/mol. The number of nitrogens with zero attached hydrogens (tertiary/aromatic N) is 2. The summed E-state index contributed by atoms with van der Waals surface area (Å²) in [4.78, 5) is 8.29. The maximum atomic E-state index is 9.35. The largest absolute Gasteiger partial charge is 0.333 e. The first-order chi connectivity index (χ1) is 10.7. The predicted octanol–water partition coefficient (Wildman–Crippen LogP) is 5.29. The molecule has 22 heavy (non-hydrogen) atoms. The number of halogens is 1. The Morgan fingerprint density at radius 1 is 1.32 bits per heavy atom. The van der Waals surface area contributed by atoms with Crippen LogP contribution in [-0.2, 0) is 0 Å². The van der Waals surface area contributed by atoms with E-state index < -0.39 is 0 Å². The van der Waals surface area contributed by atoms with Gasteiger partial charge in [-0.15, -0.1) is 0 Å². The lowest BCUT2D eigenvalue weighted by molar-refractivity contribution is 1.09. The predicted molar refractivity (Wildman–Crippen MR) is 94.4 cm³/mol. The number of allylic oxidation sites excluding steroid dienone is 1. The van der Waals surface area contributed by atoms with Gasteiger partial charge in [0.1, 0.15) is 6.07 Å². The molecule has 0 spiro atoms. The molecule has 0 aliphatic rings. The van der Waals surface area contributed by atoms with Crippen LogP contribution in [0.3, 0.4) is 0 Å². The van der Waals surface area contributed by atoms with Gasteiger partial charge in [-0.1, -0.05) is 40.2 Å². The molecule has 0 aliphatic carbocycles. The van der Waals surface area contributed by atoms with Crippen LogP contribution in [0.1, 0.15) is 11.1 Å². The van der Waals surface area contributed by atoms with Crippen LogP contribution in [0.25, 0.3) is 17.1 Å². The van der Waals surface area contributed by atoms with Crippen molar-refractivity contribution in [1.29, 1.82) is 5.26 Å². The van der Waals surface area contributed by atoms with Crippen LogP contribution in [-0.4, -0.2) is 9.97 Å². The van der Waals surface area contributed by atoms with E-state index in [4.69, 9.17) is 0 Å². The maximum absolute atomic E-state index is 9.35. The molecule has 3 nitrogen and oxygen atoms in total. The van der Waals surface area contributed by atoms with Crippen molar-refractivity contribution in [3.8, 4) is 6.07 Å². The van der Waals surface area contributed by atoms with Crippen molar-refractivity contribution in [2.75, 3.05) is 0 Å². The summed E-state index contributed by atoms with van der Waals surface area (Å²) in [5, 5.41) is 10.1. The number of aryl methyl sites for hydroxylation is 1. The van der Waals surface area contributed by atoms with Crippen molar-refractivity contribution < 1.29 is 0 Å². The highest BCUT2D eigenvalue weighted by atomic mass is 79.9. The van der Waals surface area contributed by atoms with Crippen molar-refractivity contribution >= 4 is 44.8 Å². The fourth-order valence-corrected chi connectivity index (χ4v) is 3.17. The summed E-state index contributed by atoms with van der Waals surface area (Å²) in [6.07, 6.45) is 1.86. The van der Waals surface area contributed by atoms with E-state index in [0.29, 0.717) is 4.91 Å². The number of hydrogen-bond acceptors (Lipinski definition) is 3. The molecule has 0 atom stereocenters. The van der Waals surface area contributed by atoms with Crippen molar-refractivity contribution in [2.45, 2.75) is 12.1 Å². The van der Waals surface area contributed by atoms with Crippen LogP contribution >= 0.6 is 27.7 Å². The molecule has 0 fully saturated rings. The van der Waals surface area contributed by atoms with Crippen molar-refractivity contribution in [3.63, 3.8) is 0 Å². The minimum Gasteiger partial charge on any atom is -0.333 e. The van der Waals surface area contributed by atoms with Gasteiger partial charge in [-0.3, -0.25) is 0 Å². The number of hydrogen-bond donors (Lipinski definition) is 1. The van der Waals surface area contributed by atoms with E-state index in [-0.39, 0.29) is 0 Å².